The quantitative estimate of drug-likeness (QED) is 0.515. The molecule has 4 heteroatoms. The van der Waals surface area contributed by atoms with Crippen molar-refractivity contribution in [2.75, 3.05) is 25.4 Å². The van der Waals surface area contributed by atoms with Crippen LogP contribution in [0.25, 0.3) is 0 Å². The summed E-state index contributed by atoms with van der Waals surface area (Å²) in [6.07, 6.45) is 2.12. The lowest BCUT2D eigenvalue weighted by molar-refractivity contribution is 0.309. The van der Waals surface area contributed by atoms with Crippen LogP contribution in [-0.4, -0.2) is 30.3 Å². The molecule has 1 unspecified atom stereocenters. The van der Waals surface area contributed by atoms with Gasteiger partial charge in [-0.3, -0.25) is 4.90 Å². The van der Waals surface area contributed by atoms with Crippen LogP contribution in [0.2, 0.25) is 0 Å². The van der Waals surface area contributed by atoms with Gasteiger partial charge in [0.05, 0.1) is 25.2 Å². The summed E-state index contributed by atoms with van der Waals surface area (Å²) in [7, 11) is 0. The van der Waals surface area contributed by atoms with Crippen LogP contribution in [0, 0.1) is 28.6 Å². The topological polar surface area (TPSA) is 50.8 Å². The van der Waals surface area contributed by atoms with Crippen LogP contribution in [0.4, 0.5) is 0 Å². The van der Waals surface area contributed by atoms with Crippen LogP contribution < -0.4 is 0 Å². The molecule has 0 amide bonds. The molecule has 0 rings (SSSR count). The molecule has 0 spiro atoms. The lowest BCUT2D eigenvalue weighted by Gasteiger charge is -2.17. The number of thiol groups is 1. The van der Waals surface area contributed by atoms with Crippen LogP contribution in [0.1, 0.15) is 19.8 Å². The van der Waals surface area contributed by atoms with Crippen molar-refractivity contribution >= 4 is 12.6 Å². The molecular formula is C10H17N3S. The van der Waals surface area contributed by atoms with Crippen molar-refractivity contribution in [3.05, 3.63) is 0 Å². The summed E-state index contributed by atoms with van der Waals surface area (Å²) in [4.78, 5) is 1.87. The molecule has 0 bridgehead atoms. The highest BCUT2D eigenvalue weighted by Crippen LogP contribution is 2.08. The largest absolute Gasteiger partial charge is 0.277 e. The van der Waals surface area contributed by atoms with Gasteiger partial charge in [0.1, 0.15) is 0 Å². The second-order valence-corrected chi connectivity index (χ2v) is 3.88. The van der Waals surface area contributed by atoms with Gasteiger partial charge in [-0.05, 0) is 24.5 Å². The molecule has 0 aromatic rings. The Kier molecular flexibility index (Phi) is 8.42. The lowest BCUT2D eigenvalue weighted by Crippen LogP contribution is -2.26. The summed E-state index contributed by atoms with van der Waals surface area (Å²) in [6.45, 7) is 3.70. The number of hydrogen-bond donors (Lipinski definition) is 1. The lowest BCUT2D eigenvalue weighted by atomic mass is 10.1. The fraction of sp³-hybridized carbons (Fsp3) is 0.800. The number of nitrogens with zero attached hydrogens (tertiary/aromatic N) is 3. The molecular weight excluding hydrogens is 194 g/mol. The van der Waals surface area contributed by atoms with Gasteiger partial charge >= 0.3 is 0 Å². The Morgan fingerprint density at radius 2 is 1.79 bits per heavy atom. The molecule has 78 valence electrons. The molecule has 0 aliphatic rings. The second-order valence-electron chi connectivity index (χ2n) is 3.43. The first-order valence-electron chi connectivity index (χ1n) is 4.81. The third kappa shape index (κ3) is 6.77. The zero-order valence-electron chi connectivity index (χ0n) is 8.61. The highest BCUT2D eigenvalue weighted by Gasteiger charge is 2.06. The smallest absolute Gasteiger partial charge is 0.0874 e. The van der Waals surface area contributed by atoms with Crippen LogP contribution >= 0.6 is 12.6 Å². The van der Waals surface area contributed by atoms with Gasteiger partial charge in [-0.25, -0.2) is 0 Å². The Labute approximate surface area is 91.7 Å². The van der Waals surface area contributed by atoms with E-state index in [-0.39, 0.29) is 0 Å². The summed E-state index contributed by atoms with van der Waals surface area (Å²) in [6, 6.07) is 4.14. The van der Waals surface area contributed by atoms with E-state index in [2.05, 4.69) is 31.7 Å². The maximum atomic E-state index is 8.52. The second kappa shape index (κ2) is 8.87. The van der Waals surface area contributed by atoms with Gasteiger partial charge in [-0.1, -0.05) is 6.92 Å². The zero-order chi connectivity index (χ0) is 10.8. The Hall–Kier alpha value is -0.710. The molecule has 0 aliphatic heterocycles. The van der Waals surface area contributed by atoms with Gasteiger partial charge in [-0.15, -0.1) is 0 Å². The average molecular weight is 211 g/mol. The number of rotatable bonds is 7. The number of hydrogen-bond acceptors (Lipinski definition) is 4. The third-order valence-corrected chi connectivity index (χ3v) is 2.41. The molecule has 0 fully saturated rings. The van der Waals surface area contributed by atoms with Crippen LogP contribution in [0.5, 0.6) is 0 Å². The summed E-state index contributed by atoms with van der Waals surface area (Å²) in [5.74, 6) is 1.52. The Morgan fingerprint density at radius 1 is 1.21 bits per heavy atom. The van der Waals surface area contributed by atoms with Gasteiger partial charge in [0, 0.05) is 6.54 Å². The highest BCUT2D eigenvalue weighted by molar-refractivity contribution is 7.80. The molecule has 3 nitrogen and oxygen atoms in total. The summed E-state index contributed by atoms with van der Waals surface area (Å²) in [5.41, 5.74) is 0. The maximum absolute atomic E-state index is 8.52. The molecule has 0 N–H and O–H groups in total. The molecule has 0 radical (unpaired) electrons. The highest BCUT2D eigenvalue weighted by atomic mass is 32.1. The van der Waals surface area contributed by atoms with E-state index < -0.39 is 0 Å². The maximum Gasteiger partial charge on any atom is 0.0874 e. The minimum atomic E-state index is 0.348. The normalized spacial score (nSPS) is 12.1. The van der Waals surface area contributed by atoms with Gasteiger partial charge in [0.15, 0.2) is 0 Å². The van der Waals surface area contributed by atoms with Crippen molar-refractivity contribution in [1.29, 1.82) is 10.5 Å². The van der Waals surface area contributed by atoms with E-state index in [4.69, 9.17) is 10.5 Å². The predicted octanol–water partition coefficient (Wildman–Crippen LogP) is 1.68. The van der Waals surface area contributed by atoms with Gasteiger partial charge in [0.2, 0.25) is 0 Å². The minimum absolute atomic E-state index is 0.348. The van der Waals surface area contributed by atoms with E-state index in [1.807, 2.05) is 4.90 Å². The van der Waals surface area contributed by atoms with Crippen LogP contribution in [0.15, 0.2) is 0 Å². The predicted molar refractivity (Wildman–Crippen MR) is 59.9 cm³/mol. The van der Waals surface area contributed by atoms with Crippen molar-refractivity contribution in [3.8, 4) is 12.1 Å². The summed E-state index contributed by atoms with van der Waals surface area (Å²) >= 11 is 4.17. The SMILES string of the molecule is CC(CCS)CCN(CC#N)CC#N. The van der Waals surface area contributed by atoms with E-state index in [9.17, 15) is 0 Å². The van der Waals surface area contributed by atoms with Crippen molar-refractivity contribution < 1.29 is 0 Å². The Morgan fingerprint density at radius 3 is 2.21 bits per heavy atom. The minimum Gasteiger partial charge on any atom is -0.277 e. The van der Waals surface area contributed by atoms with Gasteiger partial charge < -0.3 is 0 Å². The third-order valence-electron chi connectivity index (χ3n) is 2.15. The van der Waals surface area contributed by atoms with Crippen molar-refractivity contribution in [2.45, 2.75) is 19.8 Å². The van der Waals surface area contributed by atoms with Crippen LogP contribution in [-0.2, 0) is 0 Å². The molecule has 1 atom stereocenters. The zero-order valence-corrected chi connectivity index (χ0v) is 9.50. The molecule has 0 saturated carbocycles. The summed E-state index contributed by atoms with van der Waals surface area (Å²) < 4.78 is 0. The molecule has 0 aromatic carbocycles. The van der Waals surface area contributed by atoms with Gasteiger partial charge in [0.25, 0.3) is 0 Å². The van der Waals surface area contributed by atoms with E-state index in [0.717, 1.165) is 25.1 Å². The molecule has 0 saturated heterocycles. The molecule has 14 heavy (non-hydrogen) atoms. The van der Waals surface area contributed by atoms with E-state index in [0.29, 0.717) is 19.0 Å². The van der Waals surface area contributed by atoms with Gasteiger partial charge in [-0.2, -0.15) is 23.2 Å². The first-order valence-corrected chi connectivity index (χ1v) is 5.45. The monoisotopic (exact) mass is 211 g/mol. The molecule has 0 heterocycles. The molecule has 0 aliphatic carbocycles. The van der Waals surface area contributed by atoms with Crippen LogP contribution in [0.3, 0.4) is 0 Å². The van der Waals surface area contributed by atoms with Crippen molar-refractivity contribution in [3.63, 3.8) is 0 Å². The standard InChI is InChI=1S/C10H17N3S/c1-10(3-9-14)2-6-13(7-4-11)8-5-12/h10,14H,2-3,6-9H2,1H3. The Balaban J connectivity index is 3.71. The number of nitriles is 2. The Bertz CT molecular complexity index is 200. The van der Waals surface area contributed by atoms with Crippen molar-refractivity contribution in [1.82, 2.24) is 4.90 Å². The fourth-order valence-corrected chi connectivity index (χ4v) is 1.62. The average Bonchev–Trinajstić information content (AvgIpc) is 2.15. The molecule has 0 aromatic heterocycles. The van der Waals surface area contributed by atoms with Crippen molar-refractivity contribution in [2.24, 2.45) is 5.92 Å². The first kappa shape index (κ1) is 13.3. The van der Waals surface area contributed by atoms with E-state index in [1.165, 1.54) is 0 Å². The summed E-state index contributed by atoms with van der Waals surface area (Å²) in [5, 5.41) is 17.0. The fourth-order valence-electron chi connectivity index (χ4n) is 1.18. The van der Waals surface area contributed by atoms with E-state index in [1.54, 1.807) is 0 Å². The first-order chi connectivity index (χ1) is 6.74. The van der Waals surface area contributed by atoms with E-state index >= 15 is 0 Å².